The van der Waals surface area contributed by atoms with Gasteiger partial charge in [-0.3, -0.25) is 9.78 Å². The van der Waals surface area contributed by atoms with Crippen LogP contribution >= 0.6 is 0 Å². The van der Waals surface area contributed by atoms with Crippen molar-refractivity contribution in [2.24, 2.45) is 0 Å². The maximum absolute atomic E-state index is 13.0. The number of amides is 1. The van der Waals surface area contributed by atoms with Gasteiger partial charge in [0, 0.05) is 23.3 Å². The molecule has 0 fully saturated rings. The summed E-state index contributed by atoms with van der Waals surface area (Å²) in [6.07, 6.45) is 1.56. The molecule has 0 saturated carbocycles. The third-order valence-electron chi connectivity index (χ3n) is 3.85. The van der Waals surface area contributed by atoms with Crippen LogP contribution < -0.4 is 10.6 Å². The van der Waals surface area contributed by atoms with Gasteiger partial charge in [0.25, 0.3) is 5.91 Å². The highest BCUT2D eigenvalue weighted by Gasteiger charge is 2.11. The van der Waals surface area contributed by atoms with E-state index >= 15 is 0 Å². The fourth-order valence-corrected chi connectivity index (χ4v) is 2.52. The van der Waals surface area contributed by atoms with Gasteiger partial charge in [0.1, 0.15) is 11.5 Å². The molecule has 0 atom stereocenters. The highest BCUT2D eigenvalue weighted by atomic mass is 19.1. The van der Waals surface area contributed by atoms with E-state index in [0.717, 1.165) is 22.5 Å². The monoisotopic (exact) mass is 335 g/mol. The molecule has 0 aliphatic rings. The molecule has 2 N–H and O–H groups in total. The molecule has 25 heavy (non-hydrogen) atoms. The number of hydrogen-bond acceptors (Lipinski definition) is 3. The van der Waals surface area contributed by atoms with Crippen molar-refractivity contribution in [2.75, 3.05) is 10.6 Å². The fraction of sp³-hybridized carbons (Fsp3) is 0.100. The summed E-state index contributed by atoms with van der Waals surface area (Å²) in [6, 6.07) is 15.3. The first-order valence-corrected chi connectivity index (χ1v) is 7.89. The van der Waals surface area contributed by atoms with Crippen LogP contribution in [0.5, 0.6) is 0 Å². The van der Waals surface area contributed by atoms with Crippen LogP contribution in [0.4, 0.5) is 21.5 Å². The predicted molar refractivity (Wildman–Crippen MR) is 97.8 cm³/mol. The van der Waals surface area contributed by atoms with Gasteiger partial charge in [0.15, 0.2) is 0 Å². The number of anilines is 3. The lowest BCUT2D eigenvalue weighted by Gasteiger charge is -2.12. The number of aromatic nitrogens is 1. The molecule has 3 rings (SSSR count). The molecule has 0 bridgehead atoms. The molecule has 1 amide bonds. The lowest BCUT2D eigenvalue weighted by molar-refractivity contribution is 0.102. The molecular weight excluding hydrogens is 317 g/mol. The van der Waals surface area contributed by atoms with Gasteiger partial charge >= 0.3 is 0 Å². The van der Waals surface area contributed by atoms with Crippen molar-refractivity contribution in [3.8, 4) is 0 Å². The average molecular weight is 335 g/mol. The lowest BCUT2D eigenvalue weighted by Crippen LogP contribution is -2.15. The number of carbonyl (C=O) groups is 1. The van der Waals surface area contributed by atoms with E-state index in [1.54, 1.807) is 30.5 Å². The first kappa shape index (κ1) is 16.6. The van der Waals surface area contributed by atoms with Gasteiger partial charge in [-0.25, -0.2) is 4.39 Å². The van der Waals surface area contributed by atoms with Crippen LogP contribution in [-0.4, -0.2) is 10.9 Å². The van der Waals surface area contributed by atoms with E-state index in [1.165, 1.54) is 12.1 Å². The molecule has 0 spiro atoms. The Morgan fingerprint density at radius 3 is 2.32 bits per heavy atom. The Hall–Kier alpha value is -3.21. The van der Waals surface area contributed by atoms with Crippen molar-refractivity contribution in [1.29, 1.82) is 0 Å². The second-order valence-electron chi connectivity index (χ2n) is 5.78. The van der Waals surface area contributed by atoms with Gasteiger partial charge in [0.05, 0.1) is 0 Å². The largest absolute Gasteiger partial charge is 0.355 e. The van der Waals surface area contributed by atoms with Gasteiger partial charge in [-0.2, -0.15) is 0 Å². The SMILES string of the molecule is Cc1cccc(C)c1NC(=O)c1cc(Nc2ccc(F)cc2)ccn1. The third kappa shape index (κ3) is 4.01. The first-order chi connectivity index (χ1) is 12.0. The number of rotatable bonds is 4. The van der Waals surface area contributed by atoms with Crippen molar-refractivity contribution < 1.29 is 9.18 Å². The highest BCUT2D eigenvalue weighted by molar-refractivity contribution is 6.04. The van der Waals surface area contributed by atoms with Gasteiger partial charge in [-0.05, 0) is 61.4 Å². The summed E-state index contributed by atoms with van der Waals surface area (Å²) in [5.41, 5.74) is 4.52. The average Bonchev–Trinajstić information content (AvgIpc) is 2.60. The number of aryl methyl sites for hydroxylation is 2. The minimum Gasteiger partial charge on any atom is -0.355 e. The molecule has 0 radical (unpaired) electrons. The summed E-state index contributed by atoms with van der Waals surface area (Å²) in [6.45, 7) is 3.89. The number of halogens is 1. The van der Waals surface area contributed by atoms with Crippen molar-refractivity contribution in [1.82, 2.24) is 4.98 Å². The van der Waals surface area contributed by atoms with Crippen LogP contribution in [0.15, 0.2) is 60.8 Å². The number of nitrogens with zero attached hydrogens (tertiary/aromatic N) is 1. The number of nitrogens with one attached hydrogen (secondary N) is 2. The molecule has 1 heterocycles. The normalized spacial score (nSPS) is 10.4. The molecule has 4 nitrogen and oxygen atoms in total. The first-order valence-electron chi connectivity index (χ1n) is 7.89. The topological polar surface area (TPSA) is 54.0 Å². The van der Waals surface area contributed by atoms with E-state index in [4.69, 9.17) is 0 Å². The second-order valence-corrected chi connectivity index (χ2v) is 5.78. The third-order valence-corrected chi connectivity index (χ3v) is 3.85. The minimum atomic E-state index is -0.297. The smallest absolute Gasteiger partial charge is 0.274 e. The maximum Gasteiger partial charge on any atom is 0.274 e. The van der Waals surface area contributed by atoms with Crippen LogP contribution in [0.25, 0.3) is 0 Å². The molecule has 2 aromatic carbocycles. The molecule has 5 heteroatoms. The van der Waals surface area contributed by atoms with E-state index < -0.39 is 0 Å². The number of carbonyl (C=O) groups excluding carboxylic acids is 1. The highest BCUT2D eigenvalue weighted by Crippen LogP contribution is 2.21. The standard InChI is InChI=1S/C20H18FN3O/c1-13-4-3-5-14(2)19(13)24-20(25)18-12-17(10-11-22-18)23-16-8-6-15(21)7-9-16/h3-12H,1-2H3,(H,22,23)(H,24,25). The zero-order valence-electron chi connectivity index (χ0n) is 14.0. The van der Waals surface area contributed by atoms with E-state index in [-0.39, 0.29) is 11.7 Å². The number of para-hydroxylation sites is 1. The van der Waals surface area contributed by atoms with Gasteiger partial charge in [0.2, 0.25) is 0 Å². The molecule has 3 aromatic rings. The van der Waals surface area contributed by atoms with Crippen molar-refractivity contribution in [3.05, 3.63) is 83.4 Å². The summed E-state index contributed by atoms with van der Waals surface area (Å²) in [5.74, 6) is -0.575. The van der Waals surface area contributed by atoms with Crippen LogP contribution in [0.2, 0.25) is 0 Å². The summed E-state index contributed by atoms with van der Waals surface area (Å²) < 4.78 is 13.0. The minimum absolute atomic E-state index is 0.278. The number of hydrogen-bond donors (Lipinski definition) is 2. The van der Waals surface area contributed by atoms with Crippen LogP contribution in [0.3, 0.4) is 0 Å². The fourth-order valence-electron chi connectivity index (χ4n) is 2.52. The Morgan fingerprint density at radius 2 is 1.64 bits per heavy atom. The molecule has 0 aliphatic heterocycles. The second kappa shape index (κ2) is 7.13. The molecule has 0 saturated heterocycles. The van der Waals surface area contributed by atoms with Crippen molar-refractivity contribution >= 4 is 23.0 Å². The van der Waals surface area contributed by atoms with Crippen molar-refractivity contribution in [2.45, 2.75) is 13.8 Å². The van der Waals surface area contributed by atoms with Crippen LogP contribution in [0.1, 0.15) is 21.6 Å². The number of pyridine rings is 1. The van der Waals surface area contributed by atoms with Crippen LogP contribution in [0, 0.1) is 19.7 Å². The van der Waals surface area contributed by atoms with E-state index in [0.29, 0.717) is 11.4 Å². The summed E-state index contributed by atoms with van der Waals surface area (Å²) in [7, 11) is 0. The van der Waals surface area contributed by atoms with Gasteiger partial charge in [-0.15, -0.1) is 0 Å². The number of benzene rings is 2. The Bertz CT molecular complexity index is 887. The zero-order chi connectivity index (χ0) is 17.8. The van der Waals surface area contributed by atoms with E-state index in [1.807, 2.05) is 32.0 Å². The Balaban J connectivity index is 1.78. The van der Waals surface area contributed by atoms with Gasteiger partial charge < -0.3 is 10.6 Å². The van der Waals surface area contributed by atoms with Crippen molar-refractivity contribution in [3.63, 3.8) is 0 Å². The Labute approximate surface area is 145 Å². The molecular formula is C20H18FN3O. The molecule has 0 unspecified atom stereocenters. The quantitative estimate of drug-likeness (QED) is 0.718. The molecule has 1 aromatic heterocycles. The Morgan fingerprint density at radius 1 is 0.960 bits per heavy atom. The van der Waals surface area contributed by atoms with Gasteiger partial charge in [-0.1, -0.05) is 18.2 Å². The summed E-state index contributed by atoms with van der Waals surface area (Å²) in [4.78, 5) is 16.7. The summed E-state index contributed by atoms with van der Waals surface area (Å²) in [5, 5.41) is 6.04. The van der Waals surface area contributed by atoms with E-state index in [9.17, 15) is 9.18 Å². The zero-order valence-corrected chi connectivity index (χ0v) is 14.0. The lowest BCUT2D eigenvalue weighted by atomic mass is 10.1. The molecule has 126 valence electrons. The Kier molecular flexibility index (Phi) is 4.75. The van der Waals surface area contributed by atoms with Crippen LogP contribution in [-0.2, 0) is 0 Å². The predicted octanol–water partition coefficient (Wildman–Crippen LogP) is 4.83. The maximum atomic E-state index is 13.0. The molecule has 0 aliphatic carbocycles. The van der Waals surface area contributed by atoms with E-state index in [2.05, 4.69) is 15.6 Å². The summed E-state index contributed by atoms with van der Waals surface area (Å²) >= 11 is 0.